The third-order valence-electron chi connectivity index (χ3n) is 3.27. The Morgan fingerprint density at radius 3 is 2.20 bits per heavy atom. The van der Waals surface area contributed by atoms with Crippen molar-refractivity contribution in [3.05, 3.63) is 0 Å². The largest absolute Gasteiger partial charge is 1.00 e. The molecule has 0 aromatic rings. The van der Waals surface area contributed by atoms with Crippen molar-refractivity contribution < 1.29 is 31.8 Å². The zero-order valence-corrected chi connectivity index (χ0v) is 10.4. The number of imide groups is 1. The topological polar surface area (TPSA) is 50.8 Å². The molecule has 0 aromatic carbocycles. The number of amides is 3. The summed E-state index contributed by atoms with van der Waals surface area (Å²) in [6.07, 6.45) is 2.07. The number of nitrogens with zero attached hydrogens (tertiary/aromatic N) is 1. The number of urea groups is 1. The van der Waals surface area contributed by atoms with Crippen molar-refractivity contribution in [3.8, 4) is 0 Å². The predicted octanol–water partition coefficient (Wildman–Crippen LogP) is -2.90. The van der Waals surface area contributed by atoms with Crippen LogP contribution < -0.4 is 17.7 Å². The van der Waals surface area contributed by atoms with Crippen LogP contribution in [0.4, 0.5) is 4.79 Å². The van der Waals surface area contributed by atoms with E-state index in [4.69, 9.17) is 0 Å². The monoisotopic (exact) mass is 235 g/mol. The van der Waals surface area contributed by atoms with Crippen molar-refractivity contribution in [2.45, 2.75) is 26.7 Å². The molecule has 3 amide bonds. The Morgan fingerprint density at radius 1 is 1.33 bits per heavy atom. The van der Waals surface area contributed by atoms with E-state index in [1.807, 2.05) is 0 Å². The molecule has 5 heteroatoms. The highest BCUT2D eigenvalue weighted by molar-refractivity contribution is 5.84. The van der Waals surface area contributed by atoms with Crippen molar-refractivity contribution in [2.24, 2.45) is 5.92 Å². The summed E-state index contributed by atoms with van der Waals surface area (Å²) >= 11 is 0. The number of likely N-dealkylation sites (N-methyl/N-ethyl adjacent to an activating group) is 1. The quantitative estimate of drug-likeness (QED) is 0.420. The minimum absolute atomic E-state index is 0. The van der Waals surface area contributed by atoms with E-state index in [-0.39, 0.29) is 28.8 Å². The number of hydrogen-bond acceptors (Lipinski definition) is 2. The van der Waals surface area contributed by atoms with Crippen molar-refractivity contribution in [2.75, 3.05) is 20.1 Å². The van der Waals surface area contributed by atoms with E-state index < -0.39 is 0 Å². The molecule has 88 valence electrons. The fourth-order valence-electron chi connectivity index (χ4n) is 1.96. The number of carbonyl (C=O) groups is 2. The first-order chi connectivity index (χ1) is 6.54. The summed E-state index contributed by atoms with van der Waals surface area (Å²) < 4.78 is -0.00759. The molecular weight excluding hydrogens is 216 g/mol. The van der Waals surface area contributed by atoms with Gasteiger partial charge in [-0.3, -0.25) is 0 Å². The Morgan fingerprint density at radius 2 is 1.87 bits per heavy atom. The fraction of sp³-hybridized carbons (Fsp3) is 0.800. The fourth-order valence-corrected chi connectivity index (χ4v) is 1.96. The molecule has 1 atom stereocenters. The minimum Gasteiger partial charge on any atom is -1.00 e. The highest BCUT2D eigenvalue weighted by atomic mass is 35.5. The lowest BCUT2D eigenvalue weighted by Gasteiger charge is -2.23. The zero-order valence-electron chi connectivity index (χ0n) is 9.62. The van der Waals surface area contributed by atoms with Crippen LogP contribution in [0.1, 0.15) is 26.7 Å². The van der Waals surface area contributed by atoms with E-state index in [0.717, 1.165) is 12.8 Å². The van der Waals surface area contributed by atoms with Crippen LogP contribution in [0.25, 0.3) is 0 Å². The second-order valence-electron chi connectivity index (χ2n) is 4.20. The standard InChI is InChI=1S/C10H18N2O2.ClH/c1-4-8(5-2)7-12(3)9(13)6-11-10(12)14;/h8H,4-7H2,1-3H3;1H/p+1. The molecule has 4 nitrogen and oxygen atoms in total. The second-order valence-corrected chi connectivity index (χ2v) is 4.20. The Bertz CT molecular complexity index is 236. The first-order valence-electron chi connectivity index (χ1n) is 5.31. The third-order valence-corrected chi connectivity index (χ3v) is 3.27. The van der Waals surface area contributed by atoms with Gasteiger partial charge in [-0.2, -0.15) is 4.79 Å². The van der Waals surface area contributed by atoms with Gasteiger partial charge in [0, 0.05) is 5.92 Å². The molecule has 1 heterocycles. The van der Waals surface area contributed by atoms with E-state index in [0.29, 0.717) is 19.0 Å². The summed E-state index contributed by atoms with van der Waals surface area (Å²) in [5.74, 6) is 0.515. The third kappa shape index (κ3) is 2.77. The molecule has 1 fully saturated rings. The Labute approximate surface area is 97.0 Å². The number of hydrogen-bond donors (Lipinski definition) is 1. The van der Waals surface area contributed by atoms with E-state index in [1.165, 1.54) is 5.32 Å². The van der Waals surface area contributed by atoms with Crippen molar-refractivity contribution in [1.82, 2.24) is 0 Å². The lowest BCUT2D eigenvalue weighted by molar-refractivity contribution is -0.785. The lowest BCUT2D eigenvalue weighted by Crippen LogP contribution is -3.00. The molecule has 1 aliphatic rings. The molecule has 0 bridgehead atoms. The maximum atomic E-state index is 11.6. The highest BCUT2D eigenvalue weighted by Gasteiger charge is 2.51. The number of halogens is 1. The Balaban J connectivity index is 0.00000196. The molecule has 0 aromatic heterocycles. The molecule has 1 aliphatic heterocycles. The summed E-state index contributed by atoms with van der Waals surface area (Å²) in [7, 11) is 1.74. The van der Waals surface area contributed by atoms with Gasteiger partial charge in [0.1, 0.15) is 6.54 Å². The van der Waals surface area contributed by atoms with Crippen LogP contribution in [0, 0.1) is 5.92 Å². The van der Waals surface area contributed by atoms with Crippen LogP contribution in [-0.4, -0.2) is 36.6 Å². The first-order valence-corrected chi connectivity index (χ1v) is 5.31. The van der Waals surface area contributed by atoms with E-state index in [9.17, 15) is 9.59 Å². The average Bonchev–Trinajstić information content (AvgIpc) is 2.43. The first kappa shape index (κ1) is 14.6. The van der Waals surface area contributed by atoms with Gasteiger partial charge < -0.3 is 12.4 Å². The molecule has 0 radical (unpaired) electrons. The SMILES string of the molecule is CCC(CC)C[N+]1(C)C(=O)C[NH2+]C1=O.[Cl-]. The Kier molecular flexibility index (Phi) is 5.42. The summed E-state index contributed by atoms with van der Waals surface area (Å²) in [6.45, 7) is 5.20. The number of quaternary nitrogens is 2. The summed E-state index contributed by atoms with van der Waals surface area (Å²) in [6, 6.07) is -0.0260. The van der Waals surface area contributed by atoms with E-state index in [1.54, 1.807) is 7.05 Å². The van der Waals surface area contributed by atoms with Crippen LogP contribution in [-0.2, 0) is 4.79 Å². The van der Waals surface area contributed by atoms with Gasteiger partial charge >= 0.3 is 11.9 Å². The van der Waals surface area contributed by atoms with Gasteiger partial charge in [0.25, 0.3) is 0 Å². The number of carbonyl (C=O) groups excluding carboxylic acids is 2. The van der Waals surface area contributed by atoms with Crippen LogP contribution in [0.15, 0.2) is 0 Å². The molecule has 0 aliphatic carbocycles. The van der Waals surface area contributed by atoms with Gasteiger partial charge in [0.2, 0.25) is 6.54 Å². The molecule has 2 N–H and O–H groups in total. The maximum Gasteiger partial charge on any atom is 0.518 e. The number of primary amides is 1. The summed E-state index contributed by atoms with van der Waals surface area (Å²) in [5, 5.41) is 1.52. The van der Waals surface area contributed by atoms with Crippen LogP contribution >= 0.6 is 0 Å². The smallest absolute Gasteiger partial charge is 0.518 e. The van der Waals surface area contributed by atoms with E-state index >= 15 is 0 Å². The van der Waals surface area contributed by atoms with Gasteiger partial charge in [-0.15, -0.1) is 4.48 Å². The molecule has 1 unspecified atom stereocenters. The molecule has 1 saturated heterocycles. The van der Waals surface area contributed by atoms with Crippen LogP contribution in [0.3, 0.4) is 0 Å². The van der Waals surface area contributed by atoms with Crippen molar-refractivity contribution >= 4 is 11.9 Å². The Hall–Kier alpha value is -0.450. The second kappa shape index (κ2) is 5.58. The number of nitrogens with two attached hydrogens (primary N) is 1. The zero-order chi connectivity index (χ0) is 10.8. The van der Waals surface area contributed by atoms with Crippen LogP contribution in [0.2, 0.25) is 0 Å². The predicted molar refractivity (Wildman–Crippen MR) is 52.3 cm³/mol. The van der Waals surface area contributed by atoms with Gasteiger partial charge in [0.15, 0.2) is 0 Å². The molecule has 0 saturated carbocycles. The minimum atomic E-state index is -0.0260. The van der Waals surface area contributed by atoms with Gasteiger partial charge in [-0.05, 0) is 12.8 Å². The molecule has 0 spiro atoms. The maximum absolute atomic E-state index is 11.6. The van der Waals surface area contributed by atoms with Crippen molar-refractivity contribution in [1.29, 1.82) is 0 Å². The van der Waals surface area contributed by atoms with Crippen LogP contribution in [0.5, 0.6) is 0 Å². The summed E-state index contributed by atoms with van der Waals surface area (Å²) in [5.41, 5.74) is 0. The van der Waals surface area contributed by atoms with E-state index in [2.05, 4.69) is 13.8 Å². The molecule has 1 rings (SSSR count). The normalized spacial score (nSPS) is 25.9. The molecular formula is C10H20ClN2O2+. The van der Waals surface area contributed by atoms with Gasteiger partial charge in [0.05, 0.1) is 7.05 Å². The summed E-state index contributed by atoms with van der Waals surface area (Å²) in [4.78, 5) is 23.2. The highest BCUT2D eigenvalue weighted by Crippen LogP contribution is 2.16. The van der Waals surface area contributed by atoms with Crippen molar-refractivity contribution in [3.63, 3.8) is 0 Å². The lowest BCUT2D eigenvalue weighted by atomic mass is 10.0. The molecule has 15 heavy (non-hydrogen) atoms. The van der Waals surface area contributed by atoms with Gasteiger partial charge in [-0.25, -0.2) is 10.1 Å². The number of rotatable bonds is 4. The van der Waals surface area contributed by atoms with Gasteiger partial charge in [-0.1, -0.05) is 13.8 Å². The average molecular weight is 236 g/mol.